The molecule has 1 saturated heterocycles. The van der Waals surface area contributed by atoms with Crippen molar-refractivity contribution in [3.05, 3.63) is 30.1 Å². The molecule has 1 aromatic rings. The lowest BCUT2D eigenvalue weighted by molar-refractivity contribution is -0.143. The van der Waals surface area contributed by atoms with Crippen molar-refractivity contribution >= 4 is 16.2 Å². The van der Waals surface area contributed by atoms with E-state index in [2.05, 4.69) is 9.46 Å². The van der Waals surface area contributed by atoms with Crippen molar-refractivity contribution in [1.29, 1.82) is 0 Å². The summed E-state index contributed by atoms with van der Waals surface area (Å²) in [6.45, 7) is 4.03. The van der Waals surface area contributed by atoms with E-state index in [0.29, 0.717) is 18.6 Å². The third kappa shape index (κ3) is 5.39. The molecule has 0 bridgehead atoms. The Morgan fingerprint density at radius 3 is 2.31 bits per heavy atom. The maximum absolute atomic E-state index is 12.9. The first-order valence-electron chi connectivity index (χ1n) is 8.50. The SMILES string of the molecule is COC(=O)C(NS(=O)(=O)N1CCC(Oc2ccc(F)cc2)CC1)C(C)C. The number of ether oxygens (including phenoxy) is 2. The van der Waals surface area contributed by atoms with Crippen LogP contribution in [-0.4, -0.2) is 51.0 Å². The minimum Gasteiger partial charge on any atom is -0.490 e. The molecule has 2 rings (SSSR count). The molecule has 1 aliphatic rings. The Balaban J connectivity index is 1.92. The summed E-state index contributed by atoms with van der Waals surface area (Å²) in [5.74, 6) is -0.638. The largest absolute Gasteiger partial charge is 0.490 e. The first kappa shape index (κ1) is 20.6. The summed E-state index contributed by atoms with van der Waals surface area (Å²) in [6, 6.07) is 4.79. The predicted molar refractivity (Wildman–Crippen MR) is 94.3 cm³/mol. The van der Waals surface area contributed by atoms with E-state index in [4.69, 9.17) is 4.74 Å². The molecule has 1 fully saturated rings. The smallest absolute Gasteiger partial charge is 0.324 e. The molecule has 1 atom stereocenters. The van der Waals surface area contributed by atoms with E-state index in [1.165, 1.54) is 23.5 Å². The Morgan fingerprint density at radius 2 is 1.81 bits per heavy atom. The molecule has 7 nitrogen and oxygen atoms in total. The lowest BCUT2D eigenvalue weighted by Crippen LogP contribution is -2.53. The van der Waals surface area contributed by atoms with Gasteiger partial charge in [0.1, 0.15) is 23.7 Å². The maximum atomic E-state index is 12.9. The minimum atomic E-state index is -3.81. The fourth-order valence-corrected chi connectivity index (χ4v) is 4.24. The number of halogens is 1. The van der Waals surface area contributed by atoms with Gasteiger partial charge in [0.25, 0.3) is 10.2 Å². The van der Waals surface area contributed by atoms with Crippen molar-refractivity contribution in [3.63, 3.8) is 0 Å². The third-order valence-corrected chi connectivity index (χ3v) is 5.85. The number of nitrogens with zero attached hydrogens (tertiary/aromatic N) is 1. The Labute approximate surface area is 153 Å². The highest BCUT2D eigenvalue weighted by atomic mass is 32.2. The van der Waals surface area contributed by atoms with Gasteiger partial charge in [0, 0.05) is 13.1 Å². The average molecular weight is 388 g/mol. The highest BCUT2D eigenvalue weighted by Gasteiger charge is 2.34. The number of esters is 1. The molecule has 0 radical (unpaired) electrons. The lowest BCUT2D eigenvalue weighted by Gasteiger charge is -2.32. The summed E-state index contributed by atoms with van der Waals surface area (Å²) >= 11 is 0. The Kier molecular flexibility index (Phi) is 6.96. The molecule has 1 unspecified atom stereocenters. The summed E-state index contributed by atoms with van der Waals surface area (Å²) < 4.78 is 52.2. The minimum absolute atomic E-state index is 0.145. The molecule has 0 aliphatic carbocycles. The molecule has 0 amide bonds. The first-order valence-corrected chi connectivity index (χ1v) is 9.94. The third-order valence-electron chi connectivity index (χ3n) is 4.25. The van der Waals surface area contributed by atoms with Crippen molar-refractivity contribution in [2.75, 3.05) is 20.2 Å². The number of benzene rings is 1. The van der Waals surface area contributed by atoms with Gasteiger partial charge in [0.15, 0.2) is 0 Å². The molecule has 0 spiro atoms. The van der Waals surface area contributed by atoms with Gasteiger partial charge in [-0.3, -0.25) is 4.79 Å². The Bertz CT molecular complexity index is 700. The van der Waals surface area contributed by atoms with Crippen LogP contribution in [0.15, 0.2) is 24.3 Å². The molecule has 146 valence electrons. The number of nitrogens with one attached hydrogen (secondary N) is 1. The van der Waals surface area contributed by atoms with Crippen molar-refractivity contribution in [1.82, 2.24) is 9.03 Å². The van der Waals surface area contributed by atoms with Gasteiger partial charge in [-0.15, -0.1) is 0 Å². The van der Waals surface area contributed by atoms with Crippen LogP contribution in [0.3, 0.4) is 0 Å². The normalized spacial score (nSPS) is 17.9. The zero-order valence-electron chi connectivity index (χ0n) is 15.1. The standard InChI is InChI=1S/C17H25FN2O5S/c1-12(2)16(17(21)24-3)19-26(22,23)20-10-8-15(9-11-20)25-14-6-4-13(18)5-7-14/h4-7,12,15-16,19H,8-11H2,1-3H3. The van der Waals surface area contributed by atoms with Gasteiger partial charge in [0.05, 0.1) is 7.11 Å². The van der Waals surface area contributed by atoms with E-state index in [1.807, 2.05) is 0 Å². The van der Waals surface area contributed by atoms with E-state index in [9.17, 15) is 17.6 Å². The first-order chi connectivity index (χ1) is 12.2. The van der Waals surface area contributed by atoms with Gasteiger partial charge in [-0.1, -0.05) is 13.8 Å². The molecule has 1 heterocycles. The number of hydrogen-bond acceptors (Lipinski definition) is 5. The van der Waals surface area contributed by atoms with Crippen LogP contribution in [0.4, 0.5) is 4.39 Å². The molecular weight excluding hydrogens is 363 g/mol. The molecule has 0 saturated carbocycles. The summed E-state index contributed by atoms with van der Waals surface area (Å²) in [5.41, 5.74) is 0. The van der Waals surface area contributed by atoms with E-state index in [-0.39, 0.29) is 30.9 Å². The van der Waals surface area contributed by atoms with Gasteiger partial charge in [-0.2, -0.15) is 17.4 Å². The van der Waals surface area contributed by atoms with Crippen LogP contribution in [-0.2, 0) is 19.7 Å². The van der Waals surface area contributed by atoms with Crippen LogP contribution in [0.2, 0.25) is 0 Å². The van der Waals surface area contributed by atoms with Gasteiger partial charge >= 0.3 is 5.97 Å². The highest BCUT2D eigenvalue weighted by molar-refractivity contribution is 7.87. The summed E-state index contributed by atoms with van der Waals surface area (Å²) in [4.78, 5) is 11.8. The molecule has 9 heteroatoms. The zero-order chi connectivity index (χ0) is 19.3. The van der Waals surface area contributed by atoms with Crippen molar-refractivity contribution < 1.29 is 27.1 Å². The summed E-state index contributed by atoms with van der Waals surface area (Å²) in [7, 11) is -2.58. The molecule has 26 heavy (non-hydrogen) atoms. The molecular formula is C17H25FN2O5S. The second-order valence-corrected chi connectivity index (χ2v) is 8.24. The number of hydrogen-bond donors (Lipinski definition) is 1. The van der Waals surface area contributed by atoms with Gasteiger partial charge in [-0.25, -0.2) is 4.39 Å². The number of methoxy groups -OCH3 is 1. The van der Waals surface area contributed by atoms with E-state index in [1.54, 1.807) is 26.0 Å². The van der Waals surface area contributed by atoms with Gasteiger partial charge in [-0.05, 0) is 43.0 Å². The number of piperidine rings is 1. The van der Waals surface area contributed by atoms with E-state index in [0.717, 1.165) is 0 Å². The van der Waals surface area contributed by atoms with Crippen LogP contribution in [0.5, 0.6) is 5.75 Å². The van der Waals surface area contributed by atoms with Crippen molar-refractivity contribution in [2.24, 2.45) is 5.92 Å². The van der Waals surface area contributed by atoms with Crippen LogP contribution >= 0.6 is 0 Å². The average Bonchev–Trinajstić information content (AvgIpc) is 2.61. The van der Waals surface area contributed by atoms with Gasteiger partial charge < -0.3 is 9.47 Å². The second-order valence-electron chi connectivity index (χ2n) is 6.54. The number of rotatable bonds is 7. The van der Waals surface area contributed by atoms with Crippen molar-refractivity contribution in [2.45, 2.75) is 38.8 Å². The quantitative estimate of drug-likeness (QED) is 0.719. The Morgan fingerprint density at radius 1 is 1.23 bits per heavy atom. The highest BCUT2D eigenvalue weighted by Crippen LogP contribution is 2.21. The predicted octanol–water partition coefficient (Wildman–Crippen LogP) is 1.70. The molecule has 0 aromatic heterocycles. The number of carbonyl (C=O) groups is 1. The molecule has 1 aliphatic heterocycles. The van der Waals surface area contributed by atoms with Crippen LogP contribution in [0.25, 0.3) is 0 Å². The van der Waals surface area contributed by atoms with Gasteiger partial charge in [0.2, 0.25) is 0 Å². The Hall–Kier alpha value is -1.71. The zero-order valence-corrected chi connectivity index (χ0v) is 16.0. The van der Waals surface area contributed by atoms with Crippen LogP contribution < -0.4 is 9.46 Å². The fourth-order valence-electron chi connectivity index (χ4n) is 2.71. The van der Waals surface area contributed by atoms with Crippen LogP contribution in [0, 0.1) is 11.7 Å². The molecule has 1 aromatic carbocycles. The summed E-state index contributed by atoms with van der Waals surface area (Å²) in [6.07, 6.45) is 0.861. The van der Waals surface area contributed by atoms with E-state index >= 15 is 0 Å². The summed E-state index contributed by atoms with van der Waals surface area (Å²) in [5, 5.41) is 0. The monoisotopic (exact) mass is 388 g/mol. The van der Waals surface area contributed by atoms with Crippen molar-refractivity contribution in [3.8, 4) is 5.75 Å². The topological polar surface area (TPSA) is 84.9 Å². The molecule has 1 N–H and O–H groups in total. The lowest BCUT2D eigenvalue weighted by atomic mass is 10.1. The number of carbonyl (C=O) groups excluding carboxylic acids is 1. The van der Waals surface area contributed by atoms with Crippen LogP contribution in [0.1, 0.15) is 26.7 Å². The van der Waals surface area contributed by atoms with E-state index < -0.39 is 22.2 Å². The second kappa shape index (κ2) is 8.79. The maximum Gasteiger partial charge on any atom is 0.324 e. The fraction of sp³-hybridized carbons (Fsp3) is 0.588.